The Morgan fingerprint density at radius 2 is 1.72 bits per heavy atom. The highest BCUT2D eigenvalue weighted by Crippen LogP contribution is 2.29. The smallest absolute Gasteiger partial charge is 0.290 e. The molecule has 1 N–H and O–H groups in total. The highest BCUT2D eigenvalue weighted by atomic mass is 19.1. The third kappa shape index (κ3) is 4.88. The first-order valence-corrected chi connectivity index (χ1v) is 10.7. The van der Waals surface area contributed by atoms with E-state index in [1.807, 2.05) is 0 Å². The summed E-state index contributed by atoms with van der Waals surface area (Å²) in [5.41, 5.74) is 0.686. The van der Waals surface area contributed by atoms with E-state index in [4.69, 9.17) is 4.42 Å². The third-order valence-electron chi connectivity index (χ3n) is 5.72. The van der Waals surface area contributed by atoms with Crippen molar-refractivity contribution in [3.63, 3.8) is 0 Å². The summed E-state index contributed by atoms with van der Waals surface area (Å²) in [6.07, 6.45) is 5.08. The molecule has 32 heavy (non-hydrogen) atoms. The molecular formula is C25H24F2N2O3. The van der Waals surface area contributed by atoms with E-state index in [-0.39, 0.29) is 23.9 Å². The Labute approximate surface area is 185 Å². The predicted octanol–water partition coefficient (Wildman–Crippen LogP) is 5.00. The summed E-state index contributed by atoms with van der Waals surface area (Å²) in [5.74, 6) is -1.99. The summed E-state index contributed by atoms with van der Waals surface area (Å²) in [7, 11) is 0. The van der Waals surface area contributed by atoms with E-state index in [9.17, 15) is 18.4 Å². The number of halogens is 2. The van der Waals surface area contributed by atoms with Gasteiger partial charge in [-0.15, -0.1) is 0 Å². The molecule has 0 aliphatic heterocycles. The Kier molecular flexibility index (Phi) is 6.63. The van der Waals surface area contributed by atoms with Crippen molar-refractivity contribution in [3.8, 4) is 0 Å². The van der Waals surface area contributed by atoms with Crippen LogP contribution in [-0.2, 0) is 11.3 Å². The van der Waals surface area contributed by atoms with Crippen LogP contribution in [0, 0.1) is 11.6 Å². The van der Waals surface area contributed by atoms with Crippen molar-refractivity contribution >= 4 is 11.8 Å². The number of furan rings is 1. The average Bonchev–Trinajstić information content (AvgIpc) is 3.50. The number of hydrogen-bond donors (Lipinski definition) is 1. The first-order chi connectivity index (χ1) is 15.5. The lowest BCUT2D eigenvalue weighted by molar-refractivity contribution is -0.127. The fourth-order valence-corrected chi connectivity index (χ4v) is 4.11. The van der Waals surface area contributed by atoms with Gasteiger partial charge in [-0.1, -0.05) is 43.2 Å². The van der Waals surface area contributed by atoms with Crippen LogP contribution in [0.25, 0.3) is 0 Å². The van der Waals surface area contributed by atoms with Crippen molar-refractivity contribution in [1.82, 2.24) is 10.2 Å². The summed E-state index contributed by atoms with van der Waals surface area (Å²) in [5, 5.41) is 2.99. The second-order valence-corrected chi connectivity index (χ2v) is 7.95. The van der Waals surface area contributed by atoms with Gasteiger partial charge in [0.15, 0.2) is 5.76 Å². The predicted molar refractivity (Wildman–Crippen MR) is 115 cm³/mol. The van der Waals surface area contributed by atoms with Crippen LogP contribution in [0.3, 0.4) is 0 Å². The Balaban J connectivity index is 1.75. The minimum absolute atomic E-state index is 0.0110. The minimum atomic E-state index is -1.22. The molecule has 0 radical (unpaired) electrons. The fraction of sp³-hybridized carbons (Fsp3) is 0.280. The van der Waals surface area contributed by atoms with Crippen molar-refractivity contribution in [2.24, 2.45) is 0 Å². The Morgan fingerprint density at radius 1 is 1.00 bits per heavy atom. The number of nitrogens with zero attached hydrogens (tertiary/aromatic N) is 1. The molecule has 1 aliphatic carbocycles. The Morgan fingerprint density at radius 3 is 2.38 bits per heavy atom. The summed E-state index contributed by atoms with van der Waals surface area (Å²) >= 11 is 0. The van der Waals surface area contributed by atoms with Crippen LogP contribution in [0.4, 0.5) is 8.78 Å². The zero-order valence-corrected chi connectivity index (χ0v) is 17.5. The minimum Gasteiger partial charge on any atom is -0.459 e. The zero-order chi connectivity index (χ0) is 22.5. The van der Waals surface area contributed by atoms with Gasteiger partial charge in [0.1, 0.15) is 17.7 Å². The van der Waals surface area contributed by atoms with Gasteiger partial charge in [0, 0.05) is 18.2 Å². The van der Waals surface area contributed by atoms with Crippen LogP contribution >= 0.6 is 0 Å². The van der Waals surface area contributed by atoms with Crippen molar-refractivity contribution in [1.29, 1.82) is 0 Å². The van der Waals surface area contributed by atoms with Gasteiger partial charge in [-0.05, 0) is 48.7 Å². The highest BCUT2D eigenvalue weighted by molar-refractivity contribution is 5.96. The molecule has 1 aliphatic rings. The van der Waals surface area contributed by atoms with Crippen molar-refractivity contribution < 1.29 is 22.8 Å². The largest absolute Gasteiger partial charge is 0.459 e. The average molecular weight is 438 g/mol. The lowest BCUT2D eigenvalue weighted by Gasteiger charge is -2.32. The molecule has 1 heterocycles. The van der Waals surface area contributed by atoms with E-state index in [2.05, 4.69) is 5.32 Å². The van der Waals surface area contributed by atoms with Crippen LogP contribution in [0.2, 0.25) is 0 Å². The number of carbonyl (C=O) groups excluding carboxylic acids is 2. The summed E-state index contributed by atoms with van der Waals surface area (Å²) in [4.78, 5) is 28.1. The molecule has 0 saturated heterocycles. The van der Waals surface area contributed by atoms with E-state index < -0.39 is 29.5 Å². The summed E-state index contributed by atoms with van der Waals surface area (Å²) in [6, 6.07) is 13.4. The SMILES string of the molecule is O=C(NC1CCCC1)C(c1ccccc1F)N(Cc1ccc(F)cc1)C(=O)c1ccco1. The Hall–Kier alpha value is -3.48. The maximum absolute atomic E-state index is 14.9. The van der Waals surface area contributed by atoms with Gasteiger partial charge < -0.3 is 14.6 Å². The van der Waals surface area contributed by atoms with Crippen LogP contribution in [0.15, 0.2) is 71.3 Å². The topological polar surface area (TPSA) is 62.6 Å². The molecule has 3 aromatic rings. The molecule has 0 bridgehead atoms. The molecule has 7 heteroatoms. The molecule has 1 fully saturated rings. The first-order valence-electron chi connectivity index (χ1n) is 10.7. The number of carbonyl (C=O) groups is 2. The summed E-state index contributed by atoms with van der Waals surface area (Å²) < 4.78 is 33.6. The lowest BCUT2D eigenvalue weighted by atomic mass is 10.0. The van der Waals surface area contributed by atoms with Crippen LogP contribution in [-0.4, -0.2) is 22.8 Å². The van der Waals surface area contributed by atoms with Gasteiger partial charge in [0.2, 0.25) is 5.91 Å². The maximum atomic E-state index is 14.9. The standard InChI is InChI=1S/C25H24F2N2O3/c26-18-13-11-17(12-14-18)16-29(25(31)22-10-5-15-32-22)23(20-8-3-4-9-21(20)27)24(30)28-19-6-1-2-7-19/h3-5,8-15,19,23H,1-2,6-7,16H2,(H,28,30). The maximum Gasteiger partial charge on any atom is 0.290 e. The van der Waals surface area contributed by atoms with Crippen LogP contribution < -0.4 is 5.32 Å². The van der Waals surface area contributed by atoms with Crippen molar-refractivity contribution in [3.05, 3.63) is 95.4 Å². The molecule has 1 saturated carbocycles. The molecule has 166 valence electrons. The number of nitrogens with one attached hydrogen (secondary N) is 1. The molecular weight excluding hydrogens is 414 g/mol. The van der Waals surface area contributed by atoms with E-state index in [0.717, 1.165) is 25.7 Å². The van der Waals surface area contributed by atoms with Gasteiger partial charge in [-0.25, -0.2) is 8.78 Å². The normalized spacial score (nSPS) is 14.8. The second kappa shape index (κ2) is 9.77. The molecule has 4 rings (SSSR count). The number of rotatable bonds is 7. The fourth-order valence-electron chi connectivity index (χ4n) is 4.11. The van der Waals surface area contributed by atoms with Gasteiger partial charge in [-0.2, -0.15) is 0 Å². The zero-order valence-electron chi connectivity index (χ0n) is 17.5. The monoisotopic (exact) mass is 438 g/mol. The first kappa shape index (κ1) is 21.7. The van der Waals surface area contributed by atoms with E-state index in [1.165, 1.54) is 59.7 Å². The van der Waals surface area contributed by atoms with Crippen molar-refractivity contribution in [2.75, 3.05) is 0 Å². The number of hydrogen-bond acceptors (Lipinski definition) is 3. The van der Waals surface area contributed by atoms with Gasteiger partial charge in [0.05, 0.1) is 6.26 Å². The molecule has 0 spiro atoms. The van der Waals surface area contributed by atoms with Crippen LogP contribution in [0.1, 0.15) is 53.4 Å². The second-order valence-electron chi connectivity index (χ2n) is 7.95. The van der Waals surface area contributed by atoms with Gasteiger partial charge >= 0.3 is 0 Å². The molecule has 1 atom stereocenters. The van der Waals surface area contributed by atoms with Gasteiger partial charge in [0.25, 0.3) is 5.91 Å². The number of benzene rings is 2. The highest BCUT2D eigenvalue weighted by Gasteiger charge is 2.36. The molecule has 5 nitrogen and oxygen atoms in total. The van der Waals surface area contributed by atoms with E-state index in [0.29, 0.717) is 5.56 Å². The van der Waals surface area contributed by atoms with Crippen molar-refractivity contribution in [2.45, 2.75) is 44.3 Å². The molecule has 1 unspecified atom stereocenters. The summed E-state index contributed by atoms with van der Waals surface area (Å²) in [6.45, 7) is -0.0309. The lowest BCUT2D eigenvalue weighted by Crippen LogP contribution is -2.46. The van der Waals surface area contributed by atoms with E-state index in [1.54, 1.807) is 12.1 Å². The molecule has 1 aromatic heterocycles. The van der Waals surface area contributed by atoms with E-state index >= 15 is 0 Å². The van der Waals surface area contributed by atoms with Crippen LogP contribution in [0.5, 0.6) is 0 Å². The van der Waals surface area contributed by atoms with Gasteiger partial charge in [-0.3, -0.25) is 9.59 Å². The quantitative estimate of drug-likeness (QED) is 0.565. The third-order valence-corrected chi connectivity index (χ3v) is 5.72. The Bertz CT molecular complexity index is 1060. The number of amides is 2. The molecule has 2 aromatic carbocycles. The molecule has 2 amide bonds.